The summed E-state index contributed by atoms with van der Waals surface area (Å²) in [6, 6.07) is 7.30. The Morgan fingerprint density at radius 3 is 2.88 bits per heavy atom. The van der Waals surface area contributed by atoms with Gasteiger partial charge in [-0.05, 0) is 25.0 Å². The quantitative estimate of drug-likeness (QED) is 0.578. The minimum Gasteiger partial charge on any atom is -0.334 e. The summed E-state index contributed by atoms with van der Waals surface area (Å²) in [6.07, 6.45) is 5.45. The zero-order chi connectivity index (χ0) is 17.0. The molecular formula is C17H16N6O2. The lowest BCUT2D eigenvalue weighted by Crippen LogP contribution is -2.34. The number of rotatable bonds is 2. The average molecular weight is 336 g/mol. The van der Waals surface area contributed by atoms with Gasteiger partial charge in [0.1, 0.15) is 11.2 Å². The summed E-state index contributed by atoms with van der Waals surface area (Å²) in [5.74, 6) is 0.829. The fourth-order valence-electron chi connectivity index (χ4n) is 3.60. The Morgan fingerprint density at radius 2 is 2.04 bits per heavy atom. The molecule has 3 aromatic heterocycles. The molecule has 3 heterocycles. The highest BCUT2D eigenvalue weighted by molar-refractivity contribution is 5.83. The predicted molar refractivity (Wildman–Crippen MR) is 90.9 cm³/mol. The molecular weight excluding hydrogens is 320 g/mol. The van der Waals surface area contributed by atoms with Crippen LogP contribution in [0, 0.1) is 0 Å². The van der Waals surface area contributed by atoms with Crippen molar-refractivity contribution in [1.29, 1.82) is 0 Å². The first kappa shape index (κ1) is 14.4. The second-order valence-corrected chi connectivity index (χ2v) is 6.58. The molecule has 4 aromatic rings. The summed E-state index contributed by atoms with van der Waals surface area (Å²) in [5.41, 5.74) is 7.52. The highest BCUT2D eigenvalue weighted by atomic mass is 16.5. The van der Waals surface area contributed by atoms with E-state index in [-0.39, 0.29) is 5.56 Å². The van der Waals surface area contributed by atoms with E-state index in [0.717, 1.165) is 31.2 Å². The molecule has 8 heteroatoms. The maximum Gasteiger partial charge on any atom is 0.263 e. The lowest BCUT2D eigenvalue weighted by Gasteiger charge is -2.17. The zero-order valence-electron chi connectivity index (χ0n) is 13.4. The van der Waals surface area contributed by atoms with Crippen LogP contribution in [-0.4, -0.2) is 24.7 Å². The van der Waals surface area contributed by atoms with Crippen LogP contribution in [0.5, 0.6) is 0 Å². The van der Waals surface area contributed by atoms with Gasteiger partial charge in [0.2, 0.25) is 0 Å². The minimum atomic E-state index is -0.523. The van der Waals surface area contributed by atoms with Gasteiger partial charge in [0.15, 0.2) is 5.82 Å². The Morgan fingerprint density at radius 1 is 1.24 bits per heavy atom. The number of hydrogen-bond acceptors (Lipinski definition) is 6. The van der Waals surface area contributed by atoms with Crippen LogP contribution in [0.3, 0.4) is 0 Å². The van der Waals surface area contributed by atoms with Crippen molar-refractivity contribution in [3.05, 3.63) is 46.6 Å². The van der Waals surface area contributed by atoms with E-state index >= 15 is 0 Å². The number of nitrogens with one attached hydrogen (secondary N) is 1. The summed E-state index contributed by atoms with van der Waals surface area (Å²) in [4.78, 5) is 19.7. The van der Waals surface area contributed by atoms with Crippen LogP contribution in [0.2, 0.25) is 0 Å². The fourth-order valence-corrected chi connectivity index (χ4v) is 3.60. The maximum atomic E-state index is 12.4. The molecule has 3 N–H and O–H groups in total. The van der Waals surface area contributed by atoms with Gasteiger partial charge in [-0.25, -0.2) is 4.52 Å². The van der Waals surface area contributed by atoms with Gasteiger partial charge in [0.25, 0.3) is 11.4 Å². The highest BCUT2D eigenvalue weighted by Gasteiger charge is 2.36. The molecule has 0 unspecified atom stereocenters. The Kier molecular flexibility index (Phi) is 2.87. The number of H-pyrrole nitrogens is 1. The average Bonchev–Trinajstić information content (AvgIpc) is 3.34. The van der Waals surface area contributed by atoms with Gasteiger partial charge in [-0.2, -0.15) is 10.1 Å². The molecule has 5 rings (SSSR count). The van der Waals surface area contributed by atoms with Gasteiger partial charge in [-0.1, -0.05) is 30.1 Å². The Hall–Kier alpha value is -3.00. The summed E-state index contributed by atoms with van der Waals surface area (Å²) in [6.45, 7) is 0. The molecule has 1 saturated carbocycles. The van der Waals surface area contributed by atoms with Crippen LogP contribution in [0.15, 0.2) is 39.8 Å². The van der Waals surface area contributed by atoms with Crippen molar-refractivity contribution in [3.63, 3.8) is 0 Å². The minimum absolute atomic E-state index is 0.185. The summed E-state index contributed by atoms with van der Waals surface area (Å²) in [5, 5.41) is 9.03. The van der Waals surface area contributed by atoms with Crippen LogP contribution >= 0.6 is 0 Å². The molecule has 0 atom stereocenters. The molecule has 0 spiro atoms. The largest absolute Gasteiger partial charge is 0.334 e. The third kappa shape index (κ3) is 2.04. The molecule has 1 aromatic carbocycles. The van der Waals surface area contributed by atoms with E-state index in [1.165, 1.54) is 0 Å². The first-order valence-electron chi connectivity index (χ1n) is 8.28. The van der Waals surface area contributed by atoms with Crippen molar-refractivity contribution in [1.82, 2.24) is 24.7 Å². The maximum absolute atomic E-state index is 12.4. The van der Waals surface area contributed by atoms with Gasteiger partial charge in [0, 0.05) is 0 Å². The third-order valence-electron chi connectivity index (χ3n) is 4.98. The van der Waals surface area contributed by atoms with Crippen molar-refractivity contribution in [2.75, 3.05) is 0 Å². The second-order valence-electron chi connectivity index (χ2n) is 6.58. The molecule has 25 heavy (non-hydrogen) atoms. The van der Waals surface area contributed by atoms with Gasteiger partial charge in [-0.3, -0.25) is 4.79 Å². The van der Waals surface area contributed by atoms with Crippen LogP contribution < -0.4 is 11.3 Å². The SMILES string of the molecule is NC1(c2noc(-c3cnn4c3[nH]c(=O)c3ccccc34)n2)CCCC1. The normalized spacial score (nSPS) is 16.8. The lowest BCUT2D eigenvalue weighted by molar-refractivity contribution is 0.373. The predicted octanol–water partition coefficient (Wildman–Crippen LogP) is 1.95. The van der Waals surface area contributed by atoms with Crippen molar-refractivity contribution in [2.45, 2.75) is 31.2 Å². The summed E-state index contributed by atoms with van der Waals surface area (Å²) in [7, 11) is 0. The first-order valence-corrected chi connectivity index (χ1v) is 8.28. The van der Waals surface area contributed by atoms with E-state index in [4.69, 9.17) is 10.3 Å². The molecule has 0 bridgehead atoms. The third-order valence-corrected chi connectivity index (χ3v) is 4.98. The molecule has 1 fully saturated rings. The van der Waals surface area contributed by atoms with Crippen molar-refractivity contribution >= 4 is 16.6 Å². The topological polar surface area (TPSA) is 115 Å². The van der Waals surface area contributed by atoms with E-state index in [9.17, 15) is 4.79 Å². The van der Waals surface area contributed by atoms with E-state index < -0.39 is 5.54 Å². The monoisotopic (exact) mass is 336 g/mol. The van der Waals surface area contributed by atoms with Crippen LogP contribution in [0.4, 0.5) is 0 Å². The number of hydrogen-bond donors (Lipinski definition) is 2. The van der Waals surface area contributed by atoms with E-state index in [0.29, 0.717) is 28.3 Å². The molecule has 1 aliphatic carbocycles. The van der Waals surface area contributed by atoms with Crippen molar-refractivity contribution in [2.24, 2.45) is 5.73 Å². The first-order chi connectivity index (χ1) is 12.2. The molecule has 0 radical (unpaired) electrons. The number of nitrogens with zero attached hydrogens (tertiary/aromatic N) is 4. The van der Waals surface area contributed by atoms with Gasteiger partial charge >= 0.3 is 0 Å². The molecule has 1 aliphatic rings. The number of aromatic nitrogens is 5. The van der Waals surface area contributed by atoms with Crippen LogP contribution in [0.1, 0.15) is 31.5 Å². The second kappa shape index (κ2) is 5.00. The standard InChI is InChI=1S/C17H16N6O2/c18-17(7-3-4-8-17)16-21-15(25-22-16)11-9-19-23-12-6-2-1-5-10(12)14(24)20-13(11)23/h1-2,5-6,9H,3-4,7-8,18H2,(H,20,24). The van der Waals surface area contributed by atoms with Gasteiger partial charge in [-0.15, -0.1) is 0 Å². The Balaban J connectivity index is 1.69. The molecule has 8 nitrogen and oxygen atoms in total. The van der Waals surface area contributed by atoms with Crippen molar-refractivity contribution < 1.29 is 4.52 Å². The molecule has 0 amide bonds. The Labute approximate surface area is 141 Å². The number of benzene rings is 1. The number of nitrogens with two attached hydrogens (primary N) is 1. The van der Waals surface area contributed by atoms with E-state index in [2.05, 4.69) is 20.2 Å². The van der Waals surface area contributed by atoms with Crippen LogP contribution in [-0.2, 0) is 5.54 Å². The van der Waals surface area contributed by atoms with Crippen LogP contribution in [0.25, 0.3) is 28.0 Å². The summed E-state index contributed by atoms with van der Waals surface area (Å²) >= 11 is 0. The van der Waals surface area contributed by atoms with Gasteiger partial charge in [0.05, 0.1) is 22.6 Å². The van der Waals surface area contributed by atoms with Gasteiger partial charge < -0.3 is 15.2 Å². The molecule has 0 saturated heterocycles. The number of fused-ring (bicyclic) bond motifs is 3. The van der Waals surface area contributed by atoms with E-state index in [1.807, 2.05) is 18.2 Å². The van der Waals surface area contributed by atoms with Crippen molar-refractivity contribution in [3.8, 4) is 11.5 Å². The Bertz CT molecular complexity index is 1150. The molecule has 126 valence electrons. The molecule has 0 aliphatic heterocycles. The smallest absolute Gasteiger partial charge is 0.263 e. The fraction of sp³-hybridized carbons (Fsp3) is 0.294. The highest BCUT2D eigenvalue weighted by Crippen LogP contribution is 2.35. The van der Waals surface area contributed by atoms with E-state index in [1.54, 1.807) is 16.8 Å². The summed E-state index contributed by atoms with van der Waals surface area (Å²) < 4.78 is 7.10. The number of para-hydroxylation sites is 1. The number of aromatic amines is 1. The zero-order valence-corrected chi connectivity index (χ0v) is 13.4. The lowest BCUT2D eigenvalue weighted by atomic mass is 9.99.